The highest BCUT2D eigenvalue weighted by atomic mass is 16.3. The minimum absolute atomic E-state index is 0.0914. The van der Waals surface area contributed by atoms with Gasteiger partial charge < -0.3 is 15.3 Å². The lowest BCUT2D eigenvalue weighted by Crippen LogP contribution is -2.44. The van der Waals surface area contributed by atoms with Crippen LogP contribution in [-0.4, -0.2) is 36.6 Å². The molecule has 0 bridgehead atoms. The molecule has 1 unspecified atom stereocenters. The quantitative estimate of drug-likeness (QED) is 0.784. The van der Waals surface area contributed by atoms with Gasteiger partial charge in [0.2, 0.25) is 0 Å². The van der Waals surface area contributed by atoms with Crippen LogP contribution in [0, 0.1) is 5.92 Å². The zero-order valence-electron chi connectivity index (χ0n) is 14.3. The Balaban J connectivity index is 1.63. The van der Waals surface area contributed by atoms with Gasteiger partial charge in [-0.25, -0.2) is 0 Å². The molecule has 24 heavy (non-hydrogen) atoms. The van der Waals surface area contributed by atoms with Crippen LogP contribution in [0.5, 0.6) is 0 Å². The lowest BCUT2D eigenvalue weighted by molar-refractivity contribution is -0.137. The molecular weight excluding hydrogens is 304 g/mol. The fourth-order valence-corrected chi connectivity index (χ4v) is 3.76. The first kappa shape index (κ1) is 17.0. The molecule has 1 aromatic rings. The summed E-state index contributed by atoms with van der Waals surface area (Å²) in [5, 5.41) is 11.9. The summed E-state index contributed by atoms with van der Waals surface area (Å²) in [6, 6.07) is 7.92. The molecule has 1 aromatic carbocycles. The molecular formula is C19H26N2O3. The number of hydrogen-bond acceptors (Lipinski definition) is 3. The highest BCUT2D eigenvalue weighted by Crippen LogP contribution is 2.56. The minimum Gasteiger partial charge on any atom is -0.396 e. The first-order valence-corrected chi connectivity index (χ1v) is 8.91. The maximum absolute atomic E-state index is 12.6. The Morgan fingerprint density at radius 2 is 2.04 bits per heavy atom. The van der Waals surface area contributed by atoms with Crippen LogP contribution in [0.1, 0.15) is 44.6 Å². The van der Waals surface area contributed by atoms with Crippen molar-refractivity contribution in [3.63, 3.8) is 0 Å². The minimum atomic E-state index is -0.540. The molecule has 1 spiro atoms. The van der Waals surface area contributed by atoms with Gasteiger partial charge in [0.25, 0.3) is 0 Å². The van der Waals surface area contributed by atoms with Gasteiger partial charge in [-0.05, 0) is 43.2 Å². The van der Waals surface area contributed by atoms with Crippen molar-refractivity contribution >= 4 is 17.5 Å². The second kappa shape index (κ2) is 6.93. The number of aliphatic hydroxyl groups excluding tert-OH is 1. The van der Waals surface area contributed by atoms with Crippen molar-refractivity contribution < 1.29 is 14.7 Å². The van der Waals surface area contributed by atoms with E-state index in [1.54, 1.807) is 4.90 Å². The Labute approximate surface area is 143 Å². The van der Waals surface area contributed by atoms with E-state index in [-0.39, 0.29) is 17.9 Å². The maximum Gasteiger partial charge on any atom is 0.316 e. The molecule has 1 aliphatic carbocycles. The number of para-hydroxylation sites is 1. The van der Waals surface area contributed by atoms with E-state index in [1.165, 1.54) is 5.56 Å². The molecule has 130 valence electrons. The number of anilines is 1. The van der Waals surface area contributed by atoms with Crippen LogP contribution in [0.25, 0.3) is 0 Å². The summed E-state index contributed by atoms with van der Waals surface area (Å²) in [5.74, 6) is -0.788. The molecule has 2 aliphatic rings. The topological polar surface area (TPSA) is 69.6 Å². The number of rotatable bonds is 6. The average molecular weight is 330 g/mol. The molecule has 1 fully saturated rings. The normalized spacial score (nSPS) is 18.3. The Hall–Kier alpha value is -1.88. The summed E-state index contributed by atoms with van der Waals surface area (Å²) in [7, 11) is 0. The number of amides is 2. The number of benzene rings is 1. The maximum atomic E-state index is 12.6. The number of fused-ring (bicyclic) bond motifs is 2. The molecule has 3 rings (SSSR count). The van der Waals surface area contributed by atoms with Crippen molar-refractivity contribution in [1.29, 1.82) is 0 Å². The fourth-order valence-electron chi connectivity index (χ4n) is 3.76. The predicted molar refractivity (Wildman–Crippen MR) is 92.8 cm³/mol. The first-order chi connectivity index (χ1) is 11.6. The van der Waals surface area contributed by atoms with E-state index in [9.17, 15) is 9.59 Å². The molecule has 0 aromatic heterocycles. The van der Waals surface area contributed by atoms with Crippen molar-refractivity contribution in [2.45, 2.75) is 44.4 Å². The molecule has 1 heterocycles. The summed E-state index contributed by atoms with van der Waals surface area (Å²) < 4.78 is 0. The molecule has 0 saturated heterocycles. The molecule has 1 atom stereocenters. The van der Waals surface area contributed by atoms with E-state index in [0.29, 0.717) is 19.5 Å². The van der Waals surface area contributed by atoms with Crippen LogP contribution < -0.4 is 10.2 Å². The average Bonchev–Trinajstić information content (AvgIpc) is 3.30. The van der Waals surface area contributed by atoms with Gasteiger partial charge in [-0.2, -0.15) is 0 Å². The summed E-state index contributed by atoms with van der Waals surface area (Å²) in [6.07, 6.45) is 4.76. The Bertz CT molecular complexity index is 619. The molecule has 0 radical (unpaired) electrons. The van der Waals surface area contributed by atoms with Crippen LogP contribution >= 0.6 is 0 Å². The van der Waals surface area contributed by atoms with E-state index in [2.05, 4.69) is 18.3 Å². The molecule has 5 nitrogen and oxygen atoms in total. The summed E-state index contributed by atoms with van der Waals surface area (Å²) >= 11 is 0. The molecule has 1 saturated carbocycles. The standard InChI is InChI=1S/C19H26N2O3/c1-2-5-14(8-11-22)12-20-17(23)18(24)21-13-19(9-10-19)15-6-3-4-7-16(15)21/h3-4,6-7,14,22H,2,5,8-13H2,1H3,(H,20,23). The van der Waals surface area contributed by atoms with Crippen LogP contribution in [0.3, 0.4) is 0 Å². The van der Waals surface area contributed by atoms with E-state index in [4.69, 9.17) is 5.11 Å². The lowest BCUT2D eigenvalue weighted by Gasteiger charge is -2.19. The number of nitrogens with zero attached hydrogens (tertiary/aromatic N) is 1. The molecule has 2 amide bonds. The van der Waals surface area contributed by atoms with Gasteiger partial charge in [0.15, 0.2) is 0 Å². The third kappa shape index (κ3) is 3.18. The van der Waals surface area contributed by atoms with E-state index < -0.39 is 11.8 Å². The summed E-state index contributed by atoms with van der Waals surface area (Å²) in [5.41, 5.74) is 2.18. The molecule has 5 heteroatoms. The van der Waals surface area contributed by atoms with Crippen molar-refractivity contribution in [2.24, 2.45) is 5.92 Å². The van der Waals surface area contributed by atoms with E-state index in [1.807, 2.05) is 18.2 Å². The Morgan fingerprint density at radius 1 is 1.29 bits per heavy atom. The van der Waals surface area contributed by atoms with Gasteiger partial charge in [-0.1, -0.05) is 31.5 Å². The fraction of sp³-hybridized carbons (Fsp3) is 0.579. The summed E-state index contributed by atoms with van der Waals surface area (Å²) in [6.45, 7) is 3.25. The van der Waals surface area contributed by atoms with Crippen molar-refractivity contribution in [1.82, 2.24) is 5.32 Å². The smallest absolute Gasteiger partial charge is 0.316 e. The first-order valence-electron chi connectivity index (χ1n) is 8.91. The second-order valence-corrected chi connectivity index (χ2v) is 7.07. The predicted octanol–water partition coefficient (Wildman–Crippen LogP) is 1.98. The summed E-state index contributed by atoms with van der Waals surface area (Å²) in [4.78, 5) is 26.6. The van der Waals surface area contributed by atoms with Crippen LogP contribution in [-0.2, 0) is 15.0 Å². The lowest BCUT2D eigenvalue weighted by atomic mass is 9.99. The largest absolute Gasteiger partial charge is 0.396 e. The van der Waals surface area contributed by atoms with Gasteiger partial charge in [0.05, 0.1) is 0 Å². The third-order valence-electron chi connectivity index (χ3n) is 5.31. The number of hydrogen-bond donors (Lipinski definition) is 2. The van der Waals surface area contributed by atoms with Crippen LogP contribution in [0.15, 0.2) is 24.3 Å². The van der Waals surface area contributed by atoms with Gasteiger partial charge in [-0.3, -0.25) is 9.59 Å². The van der Waals surface area contributed by atoms with Gasteiger partial charge in [-0.15, -0.1) is 0 Å². The van der Waals surface area contributed by atoms with E-state index in [0.717, 1.165) is 31.4 Å². The Kier molecular flexibility index (Phi) is 4.90. The van der Waals surface area contributed by atoms with Crippen molar-refractivity contribution in [3.8, 4) is 0 Å². The van der Waals surface area contributed by atoms with Gasteiger partial charge in [0, 0.05) is 30.8 Å². The Morgan fingerprint density at radius 3 is 2.71 bits per heavy atom. The SMILES string of the molecule is CCCC(CCO)CNC(=O)C(=O)N1CC2(CC2)c2ccccc21. The monoisotopic (exact) mass is 330 g/mol. The zero-order chi connectivity index (χ0) is 17.2. The van der Waals surface area contributed by atoms with Crippen LogP contribution in [0.2, 0.25) is 0 Å². The van der Waals surface area contributed by atoms with Crippen molar-refractivity contribution in [2.75, 3.05) is 24.6 Å². The highest BCUT2D eigenvalue weighted by molar-refractivity contribution is 6.40. The molecule has 1 aliphatic heterocycles. The van der Waals surface area contributed by atoms with Gasteiger partial charge in [0.1, 0.15) is 0 Å². The number of carbonyl (C=O) groups is 2. The number of aliphatic hydroxyl groups is 1. The number of nitrogens with one attached hydrogen (secondary N) is 1. The molecule has 2 N–H and O–H groups in total. The highest BCUT2D eigenvalue weighted by Gasteiger charge is 2.53. The van der Waals surface area contributed by atoms with E-state index >= 15 is 0 Å². The zero-order valence-corrected chi connectivity index (χ0v) is 14.3. The van der Waals surface area contributed by atoms with Crippen molar-refractivity contribution in [3.05, 3.63) is 29.8 Å². The third-order valence-corrected chi connectivity index (χ3v) is 5.31. The van der Waals surface area contributed by atoms with Gasteiger partial charge >= 0.3 is 11.8 Å². The van der Waals surface area contributed by atoms with Crippen LogP contribution in [0.4, 0.5) is 5.69 Å². The number of carbonyl (C=O) groups excluding carboxylic acids is 2. The second-order valence-electron chi connectivity index (χ2n) is 7.07.